The molecule has 2 aliphatic heterocycles. The molecule has 2 heterocycles. The maximum absolute atomic E-state index is 13.2. The monoisotopic (exact) mass is 354 g/mol. The lowest BCUT2D eigenvalue weighted by atomic mass is 9.84. The molecule has 5 rings (SSSR count). The average molecular weight is 354 g/mol. The second-order valence-corrected chi connectivity index (χ2v) is 8.50. The van der Waals surface area contributed by atoms with Crippen LogP contribution in [0.1, 0.15) is 36.0 Å². The molecular formula is C21H26N2O3. The van der Waals surface area contributed by atoms with E-state index in [1.165, 1.54) is 0 Å². The first-order valence-corrected chi connectivity index (χ1v) is 9.88. The summed E-state index contributed by atoms with van der Waals surface area (Å²) in [5, 5.41) is 0. The van der Waals surface area contributed by atoms with E-state index < -0.39 is 5.60 Å². The van der Waals surface area contributed by atoms with Crippen LogP contribution in [0.5, 0.6) is 5.75 Å². The Bertz CT molecular complexity index is 763. The molecule has 0 bridgehead atoms. The third kappa shape index (κ3) is 2.40. The van der Waals surface area contributed by atoms with Crippen molar-refractivity contribution in [3.8, 4) is 5.75 Å². The predicted octanol–water partition coefficient (Wildman–Crippen LogP) is 2.21. The lowest BCUT2D eigenvalue weighted by molar-refractivity contribution is -0.134. The van der Waals surface area contributed by atoms with Crippen LogP contribution in [0.4, 0.5) is 0 Å². The molecule has 1 aromatic rings. The molecule has 0 radical (unpaired) electrons. The number of para-hydroxylation sites is 1. The van der Waals surface area contributed by atoms with Crippen LogP contribution in [0.15, 0.2) is 24.3 Å². The zero-order valence-corrected chi connectivity index (χ0v) is 15.3. The molecule has 4 atom stereocenters. The summed E-state index contributed by atoms with van der Waals surface area (Å²) in [6.45, 7) is 3.68. The summed E-state index contributed by atoms with van der Waals surface area (Å²) in [5.41, 5.74) is 0.250. The largest absolute Gasteiger partial charge is 0.486 e. The highest BCUT2D eigenvalue weighted by Crippen LogP contribution is 2.66. The van der Waals surface area contributed by atoms with Gasteiger partial charge in [0.1, 0.15) is 11.4 Å². The number of benzene rings is 1. The Labute approximate surface area is 154 Å². The Kier molecular flexibility index (Phi) is 3.64. The van der Waals surface area contributed by atoms with Gasteiger partial charge in [0, 0.05) is 31.5 Å². The highest BCUT2D eigenvalue weighted by Gasteiger charge is 2.71. The molecule has 3 fully saturated rings. The molecule has 1 saturated heterocycles. The number of Topliss-reactive ketones (excluding diaryl/α,β-unsaturated/α-hetero) is 1. The minimum absolute atomic E-state index is 0.0604. The SMILES string of the molecule is CN1CCCN(C(=O)[C@@H]2[C@@H]3CC[C@@]4(CC(=O)c5ccccc5O4)[C@@H]32)CC1. The Morgan fingerprint density at radius 3 is 2.92 bits per heavy atom. The number of hydrogen-bond acceptors (Lipinski definition) is 4. The number of nitrogens with zero attached hydrogens (tertiary/aromatic N) is 2. The Balaban J connectivity index is 1.35. The van der Waals surface area contributed by atoms with Crippen LogP contribution < -0.4 is 4.74 Å². The van der Waals surface area contributed by atoms with E-state index in [0.29, 0.717) is 29.6 Å². The van der Waals surface area contributed by atoms with Gasteiger partial charge in [0.05, 0.1) is 12.0 Å². The van der Waals surface area contributed by atoms with Gasteiger partial charge in [-0.2, -0.15) is 0 Å². The maximum atomic E-state index is 13.2. The van der Waals surface area contributed by atoms with Gasteiger partial charge in [0.15, 0.2) is 5.78 Å². The maximum Gasteiger partial charge on any atom is 0.226 e. The third-order valence-corrected chi connectivity index (χ3v) is 6.95. The van der Waals surface area contributed by atoms with Crippen molar-refractivity contribution in [2.75, 3.05) is 33.2 Å². The van der Waals surface area contributed by atoms with E-state index in [1.54, 1.807) is 0 Å². The molecule has 4 aliphatic rings. The number of rotatable bonds is 1. The lowest BCUT2D eigenvalue weighted by Crippen LogP contribution is -2.45. The number of amides is 1. The third-order valence-electron chi connectivity index (χ3n) is 6.95. The van der Waals surface area contributed by atoms with E-state index in [-0.39, 0.29) is 17.6 Å². The van der Waals surface area contributed by atoms with Crippen molar-refractivity contribution >= 4 is 11.7 Å². The van der Waals surface area contributed by atoms with Crippen LogP contribution in [0.25, 0.3) is 0 Å². The molecule has 2 aliphatic carbocycles. The van der Waals surface area contributed by atoms with Crippen molar-refractivity contribution in [1.82, 2.24) is 9.80 Å². The number of hydrogen-bond donors (Lipinski definition) is 0. The number of carbonyl (C=O) groups is 2. The summed E-state index contributed by atoms with van der Waals surface area (Å²) in [6.07, 6.45) is 3.37. The van der Waals surface area contributed by atoms with Crippen molar-refractivity contribution in [1.29, 1.82) is 0 Å². The first-order chi connectivity index (χ1) is 12.6. The fourth-order valence-electron chi connectivity index (χ4n) is 5.58. The highest BCUT2D eigenvalue weighted by atomic mass is 16.5. The minimum Gasteiger partial charge on any atom is -0.486 e. The molecule has 5 heteroatoms. The molecule has 0 unspecified atom stereocenters. The second-order valence-electron chi connectivity index (χ2n) is 8.50. The fraction of sp³-hybridized carbons (Fsp3) is 0.619. The van der Waals surface area contributed by atoms with Crippen LogP contribution >= 0.6 is 0 Å². The number of likely N-dealkylation sites (N-methyl/N-ethyl adjacent to an activating group) is 1. The Morgan fingerprint density at radius 2 is 2.04 bits per heavy atom. The van der Waals surface area contributed by atoms with Crippen molar-refractivity contribution in [3.05, 3.63) is 29.8 Å². The molecule has 1 amide bonds. The van der Waals surface area contributed by atoms with E-state index in [2.05, 4.69) is 16.8 Å². The molecule has 0 aromatic heterocycles. The van der Waals surface area contributed by atoms with Crippen molar-refractivity contribution in [2.24, 2.45) is 17.8 Å². The van der Waals surface area contributed by atoms with E-state index in [1.807, 2.05) is 24.3 Å². The summed E-state index contributed by atoms with van der Waals surface area (Å²) in [7, 11) is 2.12. The molecule has 26 heavy (non-hydrogen) atoms. The zero-order valence-electron chi connectivity index (χ0n) is 15.3. The molecule has 5 nitrogen and oxygen atoms in total. The van der Waals surface area contributed by atoms with Crippen LogP contribution in [0.3, 0.4) is 0 Å². The van der Waals surface area contributed by atoms with Gasteiger partial charge in [-0.25, -0.2) is 0 Å². The molecule has 138 valence electrons. The summed E-state index contributed by atoms with van der Waals surface area (Å²) in [6, 6.07) is 7.54. The van der Waals surface area contributed by atoms with Gasteiger partial charge in [-0.15, -0.1) is 0 Å². The highest BCUT2D eigenvalue weighted by molar-refractivity contribution is 6.00. The summed E-state index contributed by atoms with van der Waals surface area (Å²) >= 11 is 0. The van der Waals surface area contributed by atoms with E-state index >= 15 is 0 Å². The minimum atomic E-state index is -0.445. The van der Waals surface area contributed by atoms with E-state index in [9.17, 15) is 9.59 Å². The summed E-state index contributed by atoms with van der Waals surface area (Å²) in [4.78, 5) is 30.2. The first-order valence-electron chi connectivity index (χ1n) is 9.88. The predicted molar refractivity (Wildman–Crippen MR) is 97.1 cm³/mol. The normalized spacial score (nSPS) is 36.3. The van der Waals surface area contributed by atoms with Crippen LogP contribution in [0.2, 0.25) is 0 Å². The van der Waals surface area contributed by atoms with E-state index in [0.717, 1.165) is 45.4 Å². The quantitative estimate of drug-likeness (QED) is 0.776. The second kappa shape index (κ2) is 5.81. The molecule has 1 spiro atoms. The Morgan fingerprint density at radius 1 is 1.19 bits per heavy atom. The van der Waals surface area contributed by atoms with Gasteiger partial charge in [-0.1, -0.05) is 12.1 Å². The lowest BCUT2D eigenvalue weighted by Gasteiger charge is -2.37. The van der Waals surface area contributed by atoms with Crippen LogP contribution in [0, 0.1) is 17.8 Å². The molecule has 2 saturated carbocycles. The van der Waals surface area contributed by atoms with Gasteiger partial charge < -0.3 is 14.5 Å². The number of ketones is 1. The van der Waals surface area contributed by atoms with Crippen molar-refractivity contribution in [3.63, 3.8) is 0 Å². The van der Waals surface area contributed by atoms with E-state index in [4.69, 9.17) is 4.74 Å². The van der Waals surface area contributed by atoms with Gasteiger partial charge in [-0.3, -0.25) is 9.59 Å². The number of fused-ring (bicyclic) bond motifs is 3. The zero-order chi connectivity index (χ0) is 17.9. The topological polar surface area (TPSA) is 49.9 Å². The number of ether oxygens (including phenoxy) is 1. The smallest absolute Gasteiger partial charge is 0.226 e. The molecular weight excluding hydrogens is 328 g/mol. The molecule has 0 N–H and O–H groups in total. The summed E-state index contributed by atoms with van der Waals surface area (Å²) in [5.74, 6) is 1.85. The van der Waals surface area contributed by atoms with Gasteiger partial charge in [0.25, 0.3) is 0 Å². The van der Waals surface area contributed by atoms with Crippen LogP contribution in [-0.2, 0) is 4.79 Å². The first kappa shape index (κ1) is 16.3. The van der Waals surface area contributed by atoms with Crippen molar-refractivity contribution < 1.29 is 14.3 Å². The standard InChI is InChI=1S/C21H26N2O3/c1-22-9-4-10-23(12-11-22)20(25)18-15-7-8-21(19(15)18)13-16(24)14-5-2-3-6-17(14)26-21/h2-3,5-6,15,18-19H,4,7-13H2,1H3/t15-,18+,19-,21+/m0/s1. The number of carbonyl (C=O) groups excluding carboxylic acids is 2. The summed E-state index contributed by atoms with van der Waals surface area (Å²) < 4.78 is 6.41. The van der Waals surface area contributed by atoms with Crippen molar-refractivity contribution in [2.45, 2.75) is 31.3 Å². The van der Waals surface area contributed by atoms with Gasteiger partial charge >= 0.3 is 0 Å². The molecule has 1 aromatic carbocycles. The Hall–Kier alpha value is -1.88. The average Bonchev–Trinajstić information content (AvgIpc) is 3.33. The van der Waals surface area contributed by atoms with Gasteiger partial charge in [-0.05, 0) is 50.9 Å². The van der Waals surface area contributed by atoms with Gasteiger partial charge in [0.2, 0.25) is 5.91 Å². The van der Waals surface area contributed by atoms with Crippen LogP contribution in [-0.4, -0.2) is 60.3 Å². The fourth-order valence-corrected chi connectivity index (χ4v) is 5.58.